The van der Waals surface area contributed by atoms with Gasteiger partial charge < -0.3 is 10.4 Å². The molecule has 7 heteroatoms. The lowest BCUT2D eigenvalue weighted by Crippen LogP contribution is -2.30. The van der Waals surface area contributed by atoms with Gasteiger partial charge in [0.1, 0.15) is 0 Å². The first-order chi connectivity index (χ1) is 13.8. The van der Waals surface area contributed by atoms with Crippen LogP contribution in [0.15, 0.2) is 59.9 Å². The van der Waals surface area contributed by atoms with Gasteiger partial charge in [0.05, 0.1) is 5.54 Å². The molecular formula is C22H25N5O2. The average molecular weight is 391 g/mol. The molecule has 2 rings (SSSR count). The summed E-state index contributed by atoms with van der Waals surface area (Å²) in [5, 5.41) is 23.7. The van der Waals surface area contributed by atoms with Crippen molar-refractivity contribution < 1.29 is 9.90 Å². The van der Waals surface area contributed by atoms with Crippen LogP contribution in [0.3, 0.4) is 0 Å². The second-order valence-corrected chi connectivity index (χ2v) is 7.37. The minimum Gasteiger partial charge on any atom is -0.481 e. The summed E-state index contributed by atoms with van der Waals surface area (Å²) < 4.78 is 0. The van der Waals surface area contributed by atoms with Crippen LogP contribution >= 0.6 is 0 Å². The third-order valence-corrected chi connectivity index (χ3v) is 3.74. The number of nitrogens with zero attached hydrogens (tertiary/aromatic N) is 3. The Morgan fingerprint density at radius 1 is 1.28 bits per heavy atom. The molecule has 1 heterocycles. The Kier molecular flexibility index (Phi) is 7.49. The van der Waals surface area contributed by atoms with E-state index in [0.717, 1.165) is 22.4 Å². The number of rotatable bonds is 6. The van der Waals surface area contributed by atoms with Crippen molar-refractivity contribution in [2.75, 3.05) is 5.32 Å². The summed E-state index contributed by atoms with van der Waals surface area (Å²) in [5.74, 6) is -0.484. The summed E-state index contributed by atoms with van der Waals surface area (Å²) in [4.78, 5) is 19.6. The van der Waals surface area contributed by atoms with Gasteiger partial charge in [-0.1, -0.05) is 24.3 Å². The van der Waals surface area contributed by atoms with E-state index < -0.39 is 5.97 Å². The molecule has 0 atom stereocenters. The van der Waals surface area contributed by atoms with Crippen LogP contribution in [0.4, 0.5) is 5.69 Å². The van der Waals surface area contributed by atoms with Crippen LogP contribution in [0.2, 0.25) is 0 Å². The van der Waals surface area contributed by atoms with Crippen molar-refractivity contribution in [2.24, 2.45) is 4.99 Å². The number of aliphatic carboxylic acids is 1. The van der Waals surface area contributed by atoms with Gasteiger partial charge >= 0.3 is 5.97 Å². The molecule has 0 radical (unpaired) electrons. The average Bonchev–Trinajstić information content (AvgIpc) is 2.65. The number of nitrogens with one attached hydrogen (secondary N) is 2. The van der Waals surface area contributed by atoms with Crippen molar-refractivity contribution in [3.63, 3.8) is 0 Å². The van der Waals surface area contributed by atoms with E-state index in [9.17, 15) is 4.79 Å². The van der Waals surface area contributed by atoms with Gasteiger partial charge in [-0.2, -0.15) is 5.26 Å². The van der Waals surface area contributed by atoms with E-state index in [1.807, 2.05) is 69.4 Å². The zero-order chi connectivity index (χ0) is 21.3. The fourth-order valence-electron chi connectivity index (χ4n) is 2.64. The molecule has 0 aliphatic heterocycles. The number of aromatic nitrogens is 1. The summed E-state index contributed by atoms with van der Waals surface area (Å²) in [6.07, 6.45) is 7.70. The molecular weight excluding hydrogens is 366 g/mol. The first-order valence-corrected chi connectivity index (χ1v) is 9.23. The molecule has 0 saturated carbocycles. The normalized spacial score (nSPS) is 12.2. The molecule has 0 saturated heterocycles. The monoisotopic (exact) mass is 391 g/mol. The minimum atomic E-state index is -0.840. The molecule has 3 N–H and O–H groups in total. The number of nitriles is 1. The van der Waals surface area contributed by atoms with Crippen LogP contribution in [-0.2, 0) is 4.79 Å². The number of aliphatic imine (C=N–C) groups is 1. The van der Waals surface area contributed by atoms with Crippen molar-refractivity contribution in [3.8, 4) is 6.19 Å². The topological polar surface area (TPSA) is 110 Å². The van der Waals surface area contributed by atoms with Crippen molar-refractivity contribution in [2.45, 2.75) is 39.2 Å². The van der Waals surface area contributed by atoms with E-state index in [0.29, 0.717) is 12.4 Å². The lowest BCUT2D eigenvalue weighted by Gasteiger charge is -2.17. The molecule has 0 aliphatic rings. The predicted molar refractivity (Wildman–Crippen MR) is 114 cm³/mol. The summed E-state index contributed by atoms with van der Waals surface area (Å²) >= 11 is 0. The second-order valence-electron chi connectivity index (χ2n) is 7.37. The molecule has 0 spiro atoms. The van der Waals surface area contributed by atoms with E-state index >= 15 is 0 Å². The number of carboxylic acid groups (broad SMARTS) is 1. The standard InChI is InChI=1S/C22H25N5O2/c1-22(2,3)27-21(25-15-23)26-18-9-4-7-16(13-18)19(10-5-11-20(28)29)17-8-6-12-24-14-17/h4,6-10,12-14H,5,11H2,1-3H3,(H,28,29)(H2,25,26,27)/b19-10+. The quantitative estimate of drug-likeness (QED) is 0.297. The maximum atomic E-state index is 10.9. The van der Waals surface area contributed by atoms with Crippen LogP contribution in [0.25, 0.3) is 5.57 Å². The highest BCUT2D eigenvalue weighted by atomic mass is 16.4. The Bertz CT molecular complexity index is 938. The van der Waals surface area contributed by atoms with Crippen LogP contribution in [0.1, 0.15) is 44.7 Å². The van der Waals surface area contributed by atoms with Gasteiger partial charge in [0, 0.05) is 30.1 Å². The number of guanidine groups is 1. The van der Waals surface area contributed by atoms with Crippen LogP contribution in [0, 0.1) is 11.5 Å². The zero-order valence-electron chi connectivity index (χ0n) is 16.8. The van der Waals surface area contributed by atoms with Crippen molar-refractivity contribution in [3.05, 3.63) is 66.0 Å². The minimum absolute atomic E-state index is 0.0518. The largest absolute Gasteiger partial charge is 0.481 e. The molecule has 0 amide bonds. The van der Waals surface area contributed by atoms with Gasteiger partial charge in [0.15, 0.2) is 6.19 Å². The van der Waals surface area contributed by atoms with E-state index in [1.165, 1.54) is 0 Å². The van der Waals surface area contributed by atoms with Crippen molar-refractivity contribution >= 4 is 23.2 Å². The Hall–Kier alpha value is -3.66. The Morgan fingerprint density at radius 2 is 2.03 bits per heavy atom. The fraction of sp³-hybridized carbons (Fsp3) is 0.273. The summed E-state index contributed by atoms with van der Waals surface area (Å²) in [5.41, 5.74) is 3.09. The number of carbonyl (C=O) groups is 1. The molecule has 0 fully saturated rings. The highest BCUT2D eigenvalue weighted by Crippen LogP contribution is 2.26. The summed E-state index contributed by atoms with van der Waals surface area (Å²) in [6, 6.07) is 11.4. The second kappa shape index (κ2) is 10.0. The fourth-order valence-corrected chi connectivity index (χ4v) is 2.64. The number of allylic oxidation sites excluding steroid dienone is 1. The summed E-state index contributed by atoms with van der Waals surface area (Å²) in [6.45, 7) is 5.82. The van der Waals surface area contributed by atoms with E-state index in [1.54, 1.807) is 12.4 Å². The number of anilines is 1. The first kappa shape index (κ1) is 21.6. The highest BCUT2D eigenvalue weighted by Gasteiger charge is 2.11. The molecule has 0 bridgehead atoms. The molecule has 2 aromatic rings. The lowest BCUT2D eigenvalue weighted by molar-refractivity contribution is -0.136. The Morgan fingerprint density at radius 3 is 2.66 bits per heavy atom. The van der Waals surface area contributed by atoms with Crippen LogP contribution in [0.5, 0.6) is 0 Å². The zero-order valence-corrected chi connectivity index (χ0v) is 16.8. The van der Waals surface area contributed by atoms with E-state index in [-0.39, 0.29) is 12.0 Å². The predicted octanol–water partition coefficient (Wildman–Crippen LogP) is 4.02. The molecule has 0 unspecified atom stereocenters. The van der Waals surface area contributed by atoms with Gasteiger partial charge in [-0.15, -0.1) is 0 Å². The third-order valence-electron chi connectivity index (χ3n) is 3.74. The molecule has 0 aliphatic carbocycles. The number of hydrogen-bond donors (Lipinski definition) is 3. The molecule has 150 valence electrons. The van der Waals surface area contributed by atoms with Crippen molar-refractivity contribution in [1.29, 1.82) is 5.26 Å². The third kappa shape index (κ3) is 7.46. The summed E-state index contributed by atoms with van der Waals surface area (Å²) in [7, 11) is 0. The van der Waals surface area contributed by atoms with Gasteiger partial charge in [-0.05, 0) is 56.5 Å². The Labute approximate surface area is 170 Å². The van der Waals surface area contributed by atoms with Crippen LogP contribution in [-0.4, -0.2) is 27.6 Å². The van der Waals surface area contributed by atoms with E-state index in [2.05, 4.69) is 20.6 Å². The number of hydrogen-bond acceptors (Lipinski definition) is 4. The first-order valence-electron chi connectivity index (χ1n) is 9.23. The highest BCUT2D eigenvalue weighted by molar-refractivity contribution is 5.95. The lowest BCUT2D eigenvalue weighted by atomic mass is 9.97. The van der Waals surface area contributed by atoms with Gasteiger partial charge in [0.25, 0.3) is 0 Å². The molecule has 1 aromatic carbocycles. The number of pyridine rings is 1. The maximum absolute atomic E-state index is 10.9. The van der Waals surface area contributed by atoms with Gasteiger partial charge in [0.2, 0.25) is 5.96 Å². The van der Waals surface area contributed by atoms with Crippen LogP contribution < -0.4 is 10.6 Å². The van der Waals surface area contributed by atoms with Gasteiger partial charge in [-0.25, -0.2) is 4.99 Å². The Balaban J connectivity index is 2.38. The van der Waals surface area contributed by atoms with Crippen molar-refractivity contribution in [1.82, 2.24) is 10.3 Å². The number of benzene rings is 1. The van der Waals surface area contributed by atoms with E-state index in [4.69, 9.17) is 10.4 Å². The molecule has 7 nitrogen and oxygen atoms in total. The molecule has 1 aromatic heterocycles. The van der Waals surface area contributed by atoms with Gasteiger partial charge in [-0.3, -0.25) is 15.1 Å². The SMILES string of the molecule is CC(C)(C)N=C(NC#N)Nc1cccc(/C(=C\CCC(=O)O)c2cccnc2)c1. The maximum Gasteiger partial charge on any atom is 0.303 e. The molecule has 29 heavy (non-hydrogen) atoms. The smallest absolute Gasteiger partial charge is 0.303 e. The number of carboxylic acids is 1.